The van der Waals surface area contributed by atoms with Gasteiger partial charge in [0.2, 0.25) is 5.95 Å². The minimum atomic E-state index is -1.34. The number of hydrogen-bond acceptors (Lipinski definition) is 11. The maximum atomic E-state index is 11.4. The molecule has 0 spiro atoms. The van der Waals surface area contributed by atoms with Gasteiger partial charge in [0.15, 0.2) is 10.8 Å². The lowest BCUT2D eigenvalue weighted by Crippen LogP contribution is -2.18. The monoisotopic (exact) mass is 513 g/mol. The standard InChI is InChI=1S/C10H12ClN5O2PS.C5H10O3PS/c1-19(17)10-18-5(3-20-10)2-16-4-13-6-7(11)14-9(12)15-8(6)16;1-9(7)5-8-4(2-6)3-10-5/h4-5,10H,2-3H2,1H3,(H2,12,14,15);4-6H,2-3H2,1H3/q2*+1. The average molecular weight is 514 g/mol. The van der Waals surface area contributed by atoms with Crippen molar-refractivity contribution in [2.45, 2.75) is 29.1 Å². The summed E-state index contributed by atoms with van der Waals surface area (Å²) in [6.45, 7) is 3.92. The summed E-state index contributed by atoms with van der Waals surface area (Å²) in [4.78, 5) is 12.2. The highest BCUT2D eigenvalue weighted by atomic mass is 35.5. The number of nitrogens with two attached hydrogens (primary N) is 1. The van der Waals surface area contributed by atoms with Crippen molar-refractivity contribution < 1.29 is 23.7 Å². The topological polar surface area (TPSA) is 142 Å². The molecule has 6 unspecified atom stereocenters. The minimum absolute atomic E-state index is 0.0312. The molecule has 2 saturated heterocycles. The molecule has 30 heavy (non-hydrogen) atoms. The van der Waals surface area contributed by atoms with Crippen molar-refractivity contribution in [3.05, 3.63) is 11.5 Å². The fraction of sp³-hybridized carbons (Fsp3) is 0.667. The summed E-state index contributed by atoms with van der Waals surface area (Å²) in [7, 11) is -2.59. The molecular weight excluding hydrogens is 492 g/mol. The summed E-state index contributed by atoms with van der Waals surface area (Å²) in [5, 5.41) is 8.45. The van der Waals surface area contributed by atoms with Gasteiger partial charge in [-0.25, -0.2) is 4.98 Å². The van der Waals surface area contributed by atoms with Crippen LogP contribution in [-0.4, -0.2) is 78.6 Å². The van der Waals surface area contributed by atoms with Crippen LogP contribution in [0, 0.1) is 0 Å². The summed E-state index contributed by atoms with van der Waals surface area (Å²) in [6.07, 6.45) is 1.50. The van der Waals surface area contributed by atoms with E-state index in [1.165, 1.54) is 11.8 Å². The second-order valence-corrected chi connectivity index (χ2v) is 12.9. The van der Waals surface area contributed by atoms with E-state index < -0.39 is 15.6 Å². The predicted molar refractivity (Wildman–Crippen MR) is 121 cm³/mol. The van der Waals surface area contributed by atoms with E-state index in [1.54, 1.807) is 31.4 Å². The van der Waals surface area contributed by atoms with Crippen LogP contribution >= 0.6 is 50.7 Å². The molecule has 0 radical (unpaired) electrons. The Balaban J connectivity index is 0.000000216. The number of nitrogen functional groups attached to an aromatic ring is 1. The minimum Gasteiger partial charge on any atom is -0.394 e. The van der Waals surface area contributed by atoms with Crippen LogP contribution in [0.15, 0.2) is 6.33 Å². The first-order valence-electron chi connectivity index (χ1n) is 8.87. The maximum Gasteiger partial charge on any atom is 0.378 e. The fourth-order valence-electron chi connectivity index (χ4n) is 2.72. The van der Waals surface area contributed by atoms with Gasteiger partial charge in [-0.1, -0.05) is 44.3 Å². The highest BCUT2D eigenvalue weighted by Gasteiger charge is 2.37. The van der Waals surface area contributed by atoms with Crippen LogP contribution in [0.3, 0.4) is 0 Å². The predicted octanol–water partition coefficient (Wildman–Crippen LogP) is 2.79. The van der Waals surface area contributed by atoms with Crippen molar-refractivity contribution in [3.63, 3.8) is 0 Å². The lowest BCUT2D eigenvalue weighted by molar-refractivity contribution is 0.0542. The van der Waals surface area contributed by atoms with Crippen molar-refractivity contribution in [1.29, 1.82) is 0 Å². The third-order valence-electron chi connectivity index (χ3n) is 4.10. The normalized spacial score (nSPS) is 27.1. The zero-order valence-corrected chi connectivity index (χ0v) is 20.4. The number of imidazole rings is 1. The zero-order chi connectivity index (χ0) is 21.8. The number of halogens is 1. The Morgan fingerprint density at radius 3 is 2.33 bits per heavy atom. The van der Waals surface area contributed by atoms with E-state index in [9.17, 15) is 9.13 Å². The Morgan fingerprint density at radius 1 is 1.20 bits per heavy atom. The third-order valence-corrected chi connectivity index (χ3v) is 10.4. The number of aliphatic hydroxyl groups is 1. The zero-order valence-electron chi connectivity index (χ0n) is 16.3. The number of aromatic nitrogens is 4. The molecule has 2 aromatic heterocycles. The Kier molecular flexibility index (Phi) is 8.69. The summed E-state index contributed by atoms with van der Waals surface area (Å²) < 4.78 is 35.0. The molecule has 164 valence electrons. The first-order chi connectivity index (χ1) is 14.3. The molecule has 0 aliphatic carbocycles. The van der Waals surface area contributed by atoms with Crippen LogP contribution < -0.4 is 5.73 Å². The van der Waals surface area contributed by atoms with E-state index >= 15 is 0 Å². The molecular formula is C15H22ClN5O5P2S2+2. The molecule has 10 nitrogen and oxygen atoms in total. The number of nitrogens with zero attached hydrogens (tertiary/aromatic N) is 4. The molecule has 2 aliphatic rings. The maximum absolute atomic E-state index is 11.4. The number of fused-ring (bicyclic) bond motifs is 1. The van der Waals surface area contributed by atoms with Gasteiger partial charge in [0.25, 0.3) is 0 Å². The molecule has 2 aromatic rings. The van der Waals surface area contributed by atoms with Gasteiger partial charge >= 0.3 is 26.0 Å². The molecule has 0 amide bonds. The number of ether oxygens (including phenoxy) is 2. The number of anilines is 1. The van der Waals surface area contributed by atoms with Crippen LogP contribution in [0.5, 0.6) is 0 Å². The SMILES string of the molecule is C[P+](=O)C1OC(CO)CS1.C[P+](=O)C1OC(Cn2cnc3c(Cl)nc(N)nc32)CS1. The van der Waals surface area contributed by atoms with Crippen LogP contribution in [0.25, 0.3) is 11.2 Å². The van der Waals surface area contributed by atoms with Crippen LogP contribution in [0.4, 0.5) is 5.95 Å². The number of thioether (sulfide) groups is 2. The lowest BCUT2D eigenvalue weighted by Gasteiger charge is -2.09. The Bertz CT molecular complexity index is 938. The smallest absolute Gasteiger partial charge is 0.378 e. The van der Waals surface area contributed by atoms with E-state index in [2.05, 4.69) is 15.0 Å². The number of hydrogen-bond donors (Lipinski definition) is 2. The highest BCUT2D eigenvalue weighted by molar-refractivity contribution is 8.04. The highest BCUT2D eigenvalue weighted by Crippen LogP contribution is 2.41. The quantitative estimate of drug-likeness (QED) is 0.450. The van der Waals surface area contributed by atoms with E-state index in [-0.39, 0.29) is 40.3 Å². The number of aliphatic hydroxyl groups excluding tert-OH is 1. The summed E-state index contributed by atoms with van der Waals surface area (Å²) >= 11 is 9.06. The molecule has 2 aliphatic heterocycles. The van der Waals surface area contributed by atoms with Crippen molar-refractivity contribution in [2.75, 3.05) is 37.2 Å². The average Bonchev–Trinajstić information content (AvgIpc) is 3.42. The first kappa shape index (κ1) is 24.1. The molecule has 0 bridgehead atoms. The fourth-order valence-corrected chi connectivity index (χ4v) is 7.42. The van der Waals surface area contributed by atoms with Crippen molar-refractivity contribution in [1.82, 2.24) is 19.5 Å². The van der Waals surface area contributed by atoms with Crippen LogP contribution in [0.2, 0.25) is 5.15 Å². The van der Waals surface area contributed by atoms with Crippen molar-refractivity contribution >= 4 is 67.8 Å². The molecule has 6 atom stereocenters. The first-order valence-corrected chi connectivity index (χ1v) is 14.9. The Morgan fingerprint density at radius 2 is 1.80 bits per heavy atom. The van der Waals surface area contributed by atoms with Gasteiger partial charge < -0.3 is 24.9 Å². The lowest BCUT2D eigenvalue weighted by atomic mass is 10.4. The molecule has 15 heteroatoms. The van der Waals surface area contributed by atoms with Gasteiger partial charge in [-0.15, -0.1) is 0 Å². The van der Waals surface area contributed by atoms with Gasteiger partial charge in [0.1, 0.15) is 18.8 Å². The summed E-state index contributed by atoms with van der Waals surface area (Å²) in [6, 6.07) is 0. The molecule has 0 saturated carbocycles. The van der Waals surface area contributed by atoms with Gasteiger partial charge in [-0.2, -0.15) is 9.97 Å². The van der Waals surface area contributed by atoms with E-state index in [0.717, 1.165) is 11.5 Å². The van der Waals surface area contributed by atoms with Crippen LogP contribution in [0.1, 0.15) is 0 Å². The second-order valence-electron chi connectivity index (χ2n) is 6.51. The molecule has 2 fully saturated rings. The summed E-state index contributed by atoms with van der Waals surface area (Å²) in [5.41, 5.74) is 6.70. The van der Waals surface area contributed by atoms with Gasteiger partial charge in [-0.3, -0.25) is 0 Å². The Hall–Kier alpha value is -0.580. The summed E-state index contributed by atoms with van der Waals surface area (Å²) in [5.74, 6) is 1.66. The van der Waals surface area contributed by atoms with Gasteiger partial charge in [-0.05, 0) is 0 Å². The molecule has 4 rings (SSSR count). The number of rotatable bonds is 5. The molecule has 4 heterocycles. The molecule has 3 N–H and O–H groups in total. The molecule has 0 aromatic carbocycles. The van der Waals surface area contributed by atoms with E-state index in [4.69, 9.17) is 31.9 Å². The van der Waals surface area contributed by atoms with Gasteiger partial charge in [0, 0.05) is 11.5 Å². The van der Waals surface area contributed by atoms with E-state index in [1.807, 2.05) is 4.57 Å². The largest absolute Gasteiger partial charge is 0.394 e. The Labute approximate surface area is 188 Å². The second kappa shape index (κ2) is 10.8. The van der Waals surface area contributed by atoms with Crippen LogP contribution in [-0.2, 0) is 25.1 Å². The van der Waals surface area contributed by atoms with E-state index in [0.29, 0.717) is 17.7 Å². The van der Waals surface area contributed by atoms with Crippen molar-refractivity contribution in [2.24, 2.45) is 0 Å². The third kappa shape index (κ3) is 6.01. The van der Waals surface area contributed by atoms with Gasteiger partial charge in [0.05, 0.1) is 31.7 Å². The van der Waals surface area contributed by atoms with Crippen molar-refractivity contribution in [3.8, 4) is 0 Å².